The maximum absolute atomic E-state index is 11.3. The van der Waals surface area contributed by atoms with Crippen molar-refractivity contribution in [2.24, 2.45) is 0 Å². The van der Waals surface area contributed by atoms with Crippen molar-refractivity contribution in [3.8, 4) is 0 Å². The zero-order valence-electron chi connectivity index (χ0n) is 12.6. The zero-order valence-corrected chi connectivity index (χ0v) is 14.4. The predicted molar refractivity (Wildman–Crippen MR) is 88.4 cm³/mol. The molecule has 0 aromatic rings. The van der Waals surface area contributed by atoms with E-state index in [2.05, 4.69) is 40.9 Å². The molecule has 0 radical (unpaired) electrons. The van der Waals surface area contributed by atoms with Gasteiger partial charge in [0, 0.05) is 25.7 Å². The van der Waals surface area contributed by atoms with Gasteiger partial charge >= 0.3 is 6.09 Å². The molecule has 0 aromatic carbocycles. The van der Waals surface area contributed by atoms with Gasteiger partial charge in [-0.2, -0.15) is 30.7 Å². The molecule has 136 valence electrons. The van der Waals surface area contributed by atoms with E-state index in [4.69, 9.17) is 0 Å². The minimum absolute atomic E-state index is 0.0927. The number of hydrogen-bond acceptors (Lipinski definition) is 8. The van der Waals surface area contributed by atoms with Crippen LogP contribution in [0.25, 0.3) is 0 Å². The molecule has 0 spiro atoms. The minimum Gasteiger partial charge on any atom is -0.320 e. The van der Waals surface area contributed by atoms with Gasteiger partial charge in [0.25, 0.3) is 5.91 Å². The van der Waals surface area contributed by atoms with Gasteiger partial charge in [0.1, 0.15) is 0 Å². The molecule has 0 rings (SSSR count). The standard InChI is InChI=1S/C11H19N5O6S2/c17-7(12-13-8(18)3-5-23)1-2-10(20)16-22-11(21)15-14-9(19)4-6-24/h23-24H,1-6H2,(H,12,17)(H,13,18)(H,14,19)(H,15,21)(H,16,20). The van der Waals surface area contributed by atoms with Gasteiger partial charge in [-0.25, -0.2) is 10.2 Å². The lowest BCUT2D eigenvalue weighted by Gasteiger charge is -2.08. The molecule has 5 amide bonds. The summed E-state index contributed by atoms with van der Waals surface area (Å²) in [5, 5.41) is 0. The number of hydroxylamine groups is 1. The van der Waals surface area contributed by atoms with Crippen molar-refractivity contribution >= 4 is 55.0 Å². The van der Waals surface area contributed by atoms with Crippen LogP contribution in [-0.2, 0) is 24.0 Å². The summed E-state index contributed by atoms with van der Waals surface area (Å²) in [6.07, 6.45) is -1.41. The van der Waals surface area contributed by atoms with Crippen LogP contribution in [0.15, 0.2) is 0 Å². The third-order valence-corrected chi connectivity index (χ3v) is 2.61. The molecule has 24 heavy (non-hydrogen) atoms. The summed E-state index contributed by atoms with van der Waals surface area (Å²) in [6, 6.07) is 0. The summed E-state index contributed by atoms with van der Waals surface area (Å²) in [7, 11) is 0. The Morgan fingerprint density at radius 2 is 1.04 bits per heavy atom. The molecule has 0 aliphatic heterocycles. The summed E-state index contributed by atoms with van der Waals surface area (Å²) in [5.41, 5.74) is 9.94. The lowest BCUT2D eigenvalue weighted by molar-refractivity contribution is -0.133. The normalized spacial score (nSPS) is 9.42. The second kappa shape index (κ2) is 13.3. The van der Waals surface area contributed by atoms with Gasteiger partial charge in [0.2, 0.25) is 17.7 Å². The molecule has 0 saturated heterocycles. The number of amides is 5. The van der Waals surface area contributed by atoms with Gasteiger partial charge in [-0.1, -0.05) is 0 Å². The molecule has 11 nitrogen and oxygen atoms in total. The van der Waals surface area contributed by atoms with E-state index in [0.29, 0.717) is 11.5 Å². The number of carbonyl (C=O) groups excluding carboxylic acids is 5. The fourth-order valence-electron chi connectivity index (χ4n) is 1.06. The smallest absolute Gasteiger partial charge is 0.320 e. The number of rotatable bonds is 7. The highest BCUT2D eigenvalue weighted by atomic mass is 32.1. The highest BCUT2D eigenvalue weighted by molar-refractivity contribution is 7.80. The quantitative estimate of drug-likeness (QED) is 0.207. The van der Waals surface area contributed by atoms with E-state index >= 15 is 0 Å². The minimum atomic E-state index is -1.11. The molecule has 0 heterocycles. The van der Waals surface area contributed by atoms with E-state index in [1.807, 2.05) is 10.9 Å². The zero-order chi connectivity index (χ0) is 18.4. The van der Waals surface area contributed by atoms with Crippen LogP contribution < -0.4 is 27.2 Å². The summed E-state index contributed by atoms with van der Waals surface area (Å²) in [6.45, 7) is 0. The molecule has 0 aliphatic carbocycles. The fraction of sp³-hybridized carbons (Fsp3) is 0.545. The van der Waals surface area contributed by atoms with Crippen molar-refractivity contribution in [1.29, 1.82) is 0 Å². The Morgan fingerprint density at radius 3 is 1.54 bits per heavy atom. The Morgan fingerprint density at radius 1 is 0.625 bits per heavy atom. The number of hydrogen-bond donors (Lipinski definition) is 7. The van der Waals surface area contributed by atoms with Crippen LogP contribution in [0.1, 0.15) is 25.7 Å². The predicted octanol–water partition coefficient (Wildman–Crippen LogP) is -1.66. The van der Waals surface area contributed by atoms with E-state index in [1.54, 1.807) is 5.48 Å². The molecule has 0 aromatic heterocycles. The van der Waals surface area contributed by atoms with Crippen LogP contribution in [0.4, 0.5) is 4.79 Å². The largest absolute Gasteiger partial charge is 0.450 e. The lowest BCUT2D eigenvalue weighted by Crippen LogP contribution is -2.44. The third kappa shape index (κ3) is 12.4. The molecule has 0 bridgehead atoms. The van der Waals surface area contributed by atoms with E-state index in [0.717, 1.165) is 0 Å². The topological polar surface area (TPSA) is 155 Å². The molecule has 0 saturated carbocycles. The maximum Gasteiger partial charge on any atom is 0.450 e. The number of nitrogens with one attached hydrogen (secondary N) is 5. The molecule has 5 N–H and O–H groups in total. The van der Waals surface area contributed by atoms with E-state index < -0.39 is 29.7 Å². The number of carbonyl (C=O) groups is 5. The van der Waals surface area contributed by atoms with E-state index in [-0.39, 0.29) is 25.7 Å². The van der Waals surface area contributed by atoms with Gasteiger partial charge in [0.15, 0.2) is 0 Å². The highest BCUT2D eigenvalue weighted by Crippen LogP contribution is 1.89. The monoisotopic (exact) mass is 381 g/mol. The summed E-state index contributed by atoms with van der Waals surface area (Å²) in [4.78, 5) is 60.2. The van der Waals surface area contributed by atoms with Crippen LogP contribution >= 0.6 is 25.3 Å². The Bertz CT molecular complexity index is 436. The van der Waals surface area contributed by atoms with Crippen LogP contribution in [0.3, 0.4) is 0 Å². The first-order chi connectivity index (χ1) is 11.4. The Balaban J connectivity index is 3.78. The lowest BCUT2D eigenvalue weighted by atomic mass is 10.3. The Kier molecular flexibility index (Phi) is 12.1. The second-order valence-corrected chi connectivity index (χ2v) is 5.03. The molecule has 0 aliphatic rings. The average Bonchev–Trinajstić information content (AvgIpc) is 2.54. The van der Waals surface area contributed by atoms with E-state index in [1.165, 1.54) is 0 Å². The molecule has 0 fully saturated rings. The van der Waals surface area contributed by atoms with Crippen LogP contribution in [0, 0.1) is 0 Å². The summed E-state index contributed by atoms with van der Waals surface area (Å²) < 4.78 is 0. The van der Waals surface area contributed by atoms with Crippen molar-refractivity contribution in [2.45, 2.75) is 25.7 Å². The molecule has 0 unspecified atom stereocenters. The fourth-order valence-corrected chi connectivity index (χ4v) is 1.46. The second-order valence-electron chi connectivity index (χ2n) is 4.13. The maximum atomic E-state index is 11.3. The third-order valence-electron chi connectivity index (χ3n) is 2.16. The summed E-state index contributed by atoms with van der Waals surface area (Å²) >= 11 is 7.68. The van der Waals surface area contributed by atoms with Crippen LogP contribution in [0.5, 0.6) is 0 Å². The van der Waals surface area contributed by atoms with Crippen molar-refractivity contribution in [3.05, 3.63) is 0 Å². The SMILES string of the molecule is O=C(CCS)NNC(=O)CCC(=O)NOC(=O)NNC(=O)CCS. The molecular formula is C11H19N5O6S2. The first-order valence-electron chi connectivity index (χ1n) is 6.73. The van der Waals surface area contributed by atoms with E-state index in [9.17, 15) is 24.0 Å². The first-order valence-corrected chi connectivity index (χ1v) is 7.99. The Hall–Kier alpha value is -2.15. The summed E-state index contributed by atoms with van der Waals surface area (Å²) in [5.74, 6) is -1.60. The molecule has 13 heteroatoms. The van der Waals surface area contributed by atoms with Gasteiger partial charge < -0.3 is 4.84 Å². The van der Waals surface area contributed by atoms with Gasteiger partial charge in [-0.15, -0.1) is 0 Å². The number of hydrazine groups is 2. The van der Waals surface area contributed by atoms with Crippen molar-refractivity contribution < 1.29 is 28.8 Å². The van der Waals surface area contributed by atoms with Gasteiger partial charge in [-0.3, -0.25) is 35.5 Å². The highest BCUT2D eigenvalue weighted by Gasteiger charge is 2.10. The first kappa shape index (κ1) is 21.9. The average molecular weight is 381 g/mol. The van der Waals surface area contributed by atoms with Gasteiger partial charge in [-0.05, 0) is 11.5 Å². The van der Waals surface area contributed by atoms with Gasteiger partial charge in [0.05, 0.1) is 0 Å². The Labute approximate surface area is 148 Å². The molecule has 0 atom stereocenters. The van der Waals surface area contributed by atoms with Crippen LogP contribution in [-0.4, -0.2) is 41.2 Å². The van der Waals surface area contributed by atoms with Crippen molar-refractivity contribution in [1.82, 2.24) is 27.2 Å². The van der Waals surface area contributed by atoms with Crippen molar-refractivity contribution in [2.75, 3.05) is 11.5 Å². The number of thiol groups is 2. The van der Waals surface area contributed by atoms with Crippen LogP contribution in [0.2, 0.25) is 0 Å². The van der Waals surface area contributed by atoms with Crippen molar-refractivity contribution in [3.63, 3.8) is 0 Å². The molecular weight excluding hydrogens is 362 g/mol.